The first-order valence-electron chi connectivity index (χ1n) is 7.00. The van der Waals surface area contributed by atoms with Gasteiger partial charge in [-0.1, -0.05) is 17.7 Å². The fourth-order valence-corrected chi connectivity index (χ4v) is 3.71. The average Bonchev–Trinajstić information content (AvgIpc) is 2.78. The fraction of sp³-hybridized carbons (Fsp3) is 0.188. The van der Waals surface area contributed by atoms with Gasteiger partial charge in [0.2, 0.25) is 0 Å². The van der Waals surface area contributed by atoms with Crippen LogP contribution in [0.5, 0.6) is 0 Å². The molecule has 2 aromatic carbocycles. The Morgan fingerprint density at radius 2 is 1.91 bits per heavy atom. The van der Waals surface area contributed by atoms with Crippen LogP contribution in [0.25, 0.3) is 11.0 Å². The predicted molar refractivity (Wildman–Crippen MR) is 92.4 cm³/mol. The molecule has 0 amide bonds. The molecule has 3 rings (SSSR count). The number of nitrogens with zero attached hydrogens (tertiary/aromatic N) is 2. The summed E-state index contributed by atoms with van der Waals surface area (Å²) in [5.74, 6) is 0.827. The molecule has 1 aromatic heterocycles. The molecule has 23 heavy (non-hydrogen) atoms. The molecule has 0 spiro atoms. The van der Waals surface area contributed by atoms with E-state index in [-0.39, 0.29) is 4.90 Å². The smallest absolute Gasteiger partial charge is 0.261 e. The molecular weight excluding hydrogens is 334 g/mol. The Kier molecular flexibility index (Phi) is 3.82. The Bertz CT molecular complexity index is 1010. The number of imidazole rings is 1. The Labute approximate surface area is 140 Å². The molecule has 0 aliphatic heterocycles. The van der Waals surface area contributed by atoms with Crippen molar-refractivity contribution in [3.8, 4) is 0 Å². The van der Waals surface area contributed by atoms with E-state index in [1.807, 2.05) is 18.5 Å². The first-order valence-corrected chi connectivity index (χ1v) is 8.87. The second-order valence-corrected chi connectivity index (χ2v) is 7.48. The van der Waals surface area contributed by atoms with Gasteiger partial charge in [-0.3, -0.25) is 4.72 Å². The van der Waals surface area contributed by atoms with Crippen molar-refractivity contribution in [2.24, 2.45) is 7.05 Å². The highest BCUT2D eigenvalue weighted by Gasteiger charge is 2.17. The lowest BCUT2D eigenvalue weighted by Gasteiger charge is -2.11. The molecule has 0 bridgehead atoms. The zero-order valence-electron chi connectivity index (χ0n) is 13.0. The van der Waals surface area contributed by atoms with E-state index < -0.39 is 10.0 Å². The Morgan fingerprint density at radius 3 is 2.65 bits per heavy atom. The van der Waals surface area contributed by atoms with E-state index in [1.165, 1.54) is 0 Å². The molecule has 0 radical (unpaired) electrons. The number of anilines is 1. The number of sulfonamides is 1. The summed E-state index contributed by atoms with van der Waals surface area (Å²) in [5, 5.41) is 0.515. The lowest BCUT2D eigenvalue weighted by atomic mass is 10.2. The minimum atomic E-state index is -3.71. The van der Waals surface area contributed by atoms with Crippen molar-refractivity contribution in [3.05, 3.63) is 52.8 Å². The maximum atomic E-state index is 12.6. The van der Waals surface area contributed by atoms with Gasteiger partial charge in [0.1, 0.15) is 5.82 Å². The van der Waals surface area contributed by atoms with Gasteiger partial charge in [0.05, 0.1) is 21.6 Å². The Hall–Kier alpha value is -2.05. The molecule has 0 unspecified atom stereocenters. The van der Waals surface area contributed by atoms with Gasteiger partial charge in [-0.15, -0.1) is 0 Å². The SMILES string of the molecule is Cc1c(Cl)cccc1NS(=O)(=O)c1ccc2c(c1)nc(C)n2C. The number of hydrogen-bond donors (Lipinski definition) is 1. The van der Waals surface area contributed by atoms with E-state index in [0.717, 1.165) is 11.3 Å². The molecule has 0 saturated carbocycles. The van der Waals surface area contributed by atoms with Crippen LogP contribution in [0.1, 0.15) is 11.4 Å². The van der Waals surface area contributed by atoms with E-state index in [4.69, 9.17) is 11.6 Å². The summed E-state index contributed by atoms with van der Waals surface area (Å²) in [6.45, 7) is 3.65. The first kappa shape index (κ1) is 15.8. The Balaban J connectivity index is 2.04. The van der Waals surface area contributed by atoms with Crippen LogP contribution in [0, 0.1) is 13.8 Å². The van der Waals surface area contributed by atoms with Gasteiger partial charge in [-0.25, -0.2) is 13.4 Å². The van der Waals surface area contributed by atoms with Crippen LogP contribution in [0.15, 0.2) is 41.3 Å². The molecule has 5 nitrogen and oxygen atoms in total. The summed E-state index contributed by atoms with van der Waals surface area (Å²) in [7, 11) is -1.81. The third-order valence-electron chi connectivity index (χ3n) is 3.90. The summed E-state index contributed by atoms with van der Waals surface area (Å²) in [6.07, 6.45) is 0. The average molecular weight is 350 g/mol. The van der Waals surface area contributed by atoms with Gasteiger partial charge >= 0.3 is 0 Å². The van der Waals surface area contributed by atoms with Crippen LogP contribution < -0.4 is 4.72 Å². The highest BCUT2D eigenvalue weighted by atomic mass is 35.5. The van der Waals surface area contributed by atoms with E-state index >= 15 is 0 Å². The van der Waals surface area contributed by atoms with Crippen molar-refractivity contribution in [3.63, 3.8) is 0 Å². The number of fused-ring (bicyclic) bond motifs is 1. The second kappa shape index (κ2) is 5.54. The zero-order valence-corrected chi connectivity index (χ0v) is 14.5. The van der Waals surface area contributed by atoms with E-state index in [2.05, 4.69) is 9.71 Å². The standard InChI is InChI=1S/C16H16ClN3O2S/c1-10-13(17)5-4-6-14(10)19-23(21,22)12-7-8-16-15(9-12)18-11(2)20(16)3/h4-9,19H,1-3H3. The molecule has 0 fully saturated rings. The number of hydrogen-bond acceptors (Lipinski definition) is 3. The molecule has 120 valence electrons. The normalized spacial score (nSPS) is 11.8. The molecule has 7 heteroatoms. The summed E-state index contributed by atoms with van der Waals surface area (Å²) in [4.78, 5) is 4.54. The van der Waals surface area contributed by atoms with Gasteiger partial charge in [0, 0.05) is 12.1 Å². The van der Waals surface area contributed by atoms with Crippen LogP contribution >= 0.6 is 11.6 Å². The number of aryl methyl sites for hydroxylation is 2. The largest absolute Gasteiger partial charge is 0.331 e. The van der Waals surface area contributed by atoms with Crippen molar-refractivity contribution >= 4 is 38.3 Å². The highest BCUT2D eigenvalue weighted by Crippen LogP contribution is 2.26. The predicted octanol–water partition coefficient (Wildman–Crippen LogP) is 3.64. The molecule has 0 aliphatic carbocycles. The van der Waals surface area contributed by atoms with Crippen LogP contribution in [-0.2, 0) is 17.1 Å². The topological polar surface area (TPSA) is 64.0 Å². The van der Waals surface area contributed by atoms with Crippen molar-refractivity contribution in [2.75, 3.05) is 4.72 Å². The van der Waals surface area contributed by atoms with Gasteiger partial charge in [-0.2, -0.15) is 0 Å². The summed E-state index contributed by atoms with van der Waals surface area (Å²) >= 11 is 6.04. The number of benzene rings is 2. The Morgan fingerprint density at radius 1 is 1.17 bits per heavy atom. The maximum Gasteiger partial charge on any atom is 0.261 e. The van der Waals surface area contributed by atoms with Crippen molar-refractivity contribution in [2.45, 2.75) is 18.7 Å². The third kappa shape index (κ3) is 2.80. The van der Waals surface area contributed by atoms with E-state index in [0.29, 0.717) is 21.8 Å². The summed E-state index contributed by atoms with van der Waals surface area (Å²) in [6, 6.07) is 10.0. The minimum absolute atomic E-state index is 0.169. The molecule has 0 atom stereocenters. The van der Waals surface area contributed by atoms with Gasteiger partial charge in [-0.05, 0) is 49.7 Å². The van der Waals surface area contributed by atoms with Gasteiger partial charge in [0.15, 0.2) is 0 Å². The zero-order chi connectivity index (χ0) is 16.8. The van der Waals surface area contributed by atoms with E-state index in [9.17, 15) is 8.42 Å². The molecule has 0 saturated heterocycles. The van der Waals surface area contributed by atoms with Crippen molar-refractivity contribution in [1.82, 2.24) is 9.55 Å². The van der Waals surface area contributed by atoms with Crippen molar-refractivity contribution in [1.29, 1.82) is 0 Å². The first-order chi connectivity index (χ1) is 10.8. The fourth-order valence-electron chi connectivity index (χ4n) is 2.39. The lowest BCUT2D eigenvalue weighted by Crippen LogP contribution is -2.13. The second-order valence-electron chi connectivity index (χ2n) is 5.39. The number of nitrogens with one attached hydrogen (secondary N) is 1. The van der Waals surface area contributed by atoms with Crippen molar-refractivity contribution < 1.29 is 8.42 Å². The third-order valence-corrected chi connectivity index (χ3v) is 5.67. The van der Waals surface area contributed by atoms with Crippen LogP contribution in [0.3, 0.4) is 0 Å². The van der Waals surface area contributed by atoms with Crippen LogP contribution in [0.2, 0.25) is 5.02 Å². The molecule has 1 heterocycles. The lowest BCUT2D eigenvalue weighted by molar-refractivity contribution is 0.601. The number of rotatable bonds is 3. The monoisotopic (exact) mass is 349 g/mol. The summed E-state index contributed by atoms with van der Waals surface area (Å²) < 4.78 is 29.7. The number of halogens is 1. The van der Waals surface area contributed by atoms with Crippen LogP contribution in [-0.4, -0.2) is 18.0 Å². The van der Waals surface area contributed by atoms with Gasteiger partial charge < -0.3 is 4.57 Å². The van der Waals surface area contributed by atoms with Crippen LogP contribution in [0.4, 0.5) is 5.69 Å². The molecule has 3 aromatic rings. The highest BCUT2D eigenvalue weighted by molar-refractivity contribution is 7.92. The van der Waals surface area contributed by atoms with E-state index in [1.54, 1.807) is 43.3 Å². The maximum absolute atomic E-state index is 12.6. The molecule has 0 aliphatic rings. The number of aromatic nitrogens is 2. The minimum Gasteiger partial charge on any atom is -0.331 e. The summed E-state index contributed by atoms with van der Waals surface area (Å²) in [5.41, 5.74) is 2.69. The quantitative estimate of drug-likeness (QED) is 0.785. The molecular formula is C16H16ClN3O2S. The molecule has 1 N–H and O–H groups in total. The van der Waals surface area contributed by atoms with Gasteiger partial charge in [0.25, 0.3) is 10.0 Å².